The van der Waals surface area contributed by atoms with Crippen molar-refractivity contribution < 1.29 is 18.4 Å². The molecule has 0 bridgehead atoms. The number of nitrogens with one attached hydrogen (secondary N) is 1. The minimum Gasteiger partial charge on any atom is -0.459 e. The number of benzene rings is 2. The van der Waals surface area contributed by atoms with Crippen LogP contribution in [0.25, 0.3) is 0 Å². The highest BCUT2D eigenvalue weighted by atomic mass is 19.1. The van der Waals surface area contributed by atoms with Crippen LogP contribution in [0.2, 0.25) is 0 Å². The molecule has 0 aliphatic carbocycles. The molecule has 2 aromatic carbocycles. The van der Waals surface area contributed by atoms with E-state index >= 15 is 0 Å². The molecule has 1 saturated heterocycles. The van der Waals surface area contributed by atoms with Gasteiger partial charge in [-0.2, -0.15) is 0 Å². The lowest BCUT2D eigenvalue weighted by molar-refractivity contribution is 0.0766. The molecule has 2 amide bonds. The summed E-state index contributed by atoms with van der Waals surface area (Å²) < 4.78 is 18.3. The number of halogens is 1. The highest BCUT2D eigenvalue weighted by Gasteiger charge is 2.21. The lowest BCUT2D eigenvalue weighted by atomic mass is 10.1. The van der Waals surface area contributed by atoms with Gasteiger partial charge < -0.3 is 19.5 Å². The van der Waals surface area contributed by atoms with E-state index in [9.17, 15) is 14.0 Å². The number of nitrogens with zero attached hydrogens (tertiary/aromatic N) is 2. The van der Waals surface area contributed by atoms with E-state index < -0.39 is 0 Å². The van der Waals surface area contributed by atoms with Gasteiger partial charge >= 0.3 is 0 Å². The molecule has 31 heavy (non-hydrogen) atoms. The number of hydrogen-bond donors (Lipinski definition) is 1. The van der Waals surface area contributed by atoms with Gasteiger partial charge in [0.15, 0.2) is 5.76 Å². The van der Waals surface area contributed by atoms with Gasteiger partial charge in [-0.25, -0.2) is 4.39 Å². The van der Waals surface area contributed by atoms with E-state index in [4.69, 9.17) is 4.42 Å². The van der Waals surface area contributed by atoms with Crippen LogP contribution in [0, 0.1) is 12.7 Å². The van der Waals surface area contributed by atoms with E-state index in [-0.39, 0.29) is 23.4 Å². The van der Waals surface area contributed by atoms with Crippen molar-refractivity contribution in [3.05, 3.63) is 83.6 Å². The second kappa shape index (κ2) is 9.04. The normalized spacial score (nSPS) is 14.3. The molecule has 0 spiro atoms. The molecule has 2 heterocycles. The number of aryl methyl sites for hydroxylation is 1. The van der Waals surface area contributed by atoms with Gasteiger partial charge in [-0.05, 0) is 67.4 Å². The highest BCUT2D eigenvalue weighted by Crippen LogP contribution is 2.21. The van der Waals surface area contributed by atoms with Crippen molar-refractivity contribution in [2.45, 2.75) is 13.3 Å². The monoisotopic (exact) mass is 421 g/mol. The largest absolute Gasteiger partial charge is 0.459 e. The van der Waals surface area contributed by atoms with Crippen LogP contribution in [0.1, 0.15) is 32.9 Å². The summed E-state index contributed by atoms with van der Waals surface area (Å²) >= 11 is 0. The first kappa shape index (κ1) is 20.7. The van der Waals surface area contributed by atoms with Crippen LogP contribution >= 0.6 is 0 Å². The molecule has 1 fully saturated rings. The van der Waals surface area contributed by atoms with Crippen LogP contribution < -0.4 is 10.2 Å². The predicted octanol–water partition coefficient (Wildman–Crippen LogP) is 4.33. The number of amides is 2. The van der Waals surface area contributed by atoms with Crippen molar-refractivity contribution in [3.8, 4) is 0 Å². The Morgan fingerprint density at radius 3 is 2.55 bits per heavy atom. The van der Waals surface area contributed by atoms with Crippen LogP contribution in [0.4, 0.5) is 15.8 Å². The van der Waals surface area contributed by atoms with Crippen molar-refractivity contribution in [2.75, 3.05) is 36.4 Å². The molecule has 3 aromatic rings. The summed E-state index contributed by atoms with van der Waals surface area (Å²) in [6, 6.07) is 15.0. The summed E-state index contributed by atoms with van der Waals surface area (Å²) in [5.74, 6) is -0.480. The van der Waals surface area contributed by atoms with Crippen LogP contribution in [0.3, 0.4) is 0 Å². The van der Waals surface area contributed by atoms with Gasteiger partial charge in [0.25, 0.3) is 11.8 Å². The first-order valence-electron chi connectivity index (χ1n) is 10.3. The molecule has 1 aromatic heterocycles. The molecule has 0 saturated carbocycles. The van der Waals surface area contributed by atoms with Crippen molar-refractivity contribution in [1.29, 1.82) is 0 Å². The fraction of sp³-hybridized carbons (Fsp3) is 0.250. The molecule has 7 heteroatoms. The first-order valence-corrected chi connectivity index (χ1v) is 10.3. The van der Waals surface area contributed by atoms with Gasteiger partial charge in [0.1, 0.15) is 5.82 Å². The molecule has 0 unspecified atom stereocenters. The maximum absolute atomic E-state index is 13.2. The van der Waals surface area contributed by atoms with E-state index in [1.165, 1.54) is 18.4 Å². The quantitative estimate of drug-likeness (QED) is 0.681. The number of rotatable bonds is 4. The number of furan rings is 1. The summed E-state index contributed by atoms with van der Waals surface area (Å²) in [5, 5.41) is 2.81. The highest BCUT2D eigenvalue weighted by molar-refractivity contribution is 6.04. The topological polar surface area (TPSA) is 65.8 Å². The van der Waals surface area contributed by atoms with E-state index in [2.05, 4.69) is 10.2 Å². The molecule has 1 aliphatic rings. The van der Waals surface area contributed by atoms with Crippen LogP contribution in [0.15, 0.2) is 65.3 Å². The fourth-order valence-corrected chi connectivity index (χ4v) is 3.69. The standard InChI is InChI=1S/C24H24FN3O3/c1-17-5-6-18(16-21(17)26-23(29)22-4-2-15-31-22)24(30)28-12-3-11-27(13-14-28)20-9-7-19(25)8-10-20/h2,4-10,15-16H,3,11-14H2,1H3,(H,26,29). The van der Waals surface area contributed by atoms with Gasteiger partial charge in [0.2, 0.25) is 0 Å². The van der Waals surface area contributed by atoms with Crippen molar-refractivity contribution in [3.63, 3.8) is 0 Å². The van der Waals surface area contributed by atoms with Crippen LogP contribution in [0.5, 0.6) is 0 Å². The number of carbonyl (C=O) groups excluding carboxylic acids is 2. The maximum Gasteiger partial charge on any atom is 0.291 e. The minimum absolute atomic E-state index is 0.0746. The number of carbonyl (C=O) groups is 2. The Morgan fingerprint density at radius 2 is 1.81 bits per heavy atom. The van der Waals surface area contributed by atoms with Crippen LogP contribution in [-0.2, 0) is 0 Å². The first-order chi connectivity index (χ1) is 15.0. The summed E-state index contributed by atoms with van der Waals surface area (Å²) in [6.45, 7) is 4.55. The van der Waals surface area contributed by atoms with Gasteiger partial charge in [0, 0.05) is 43.1 Å². The molecule has 4 rings (SSSR count). The molecule has 160 valence electrons. The average Bonchev–Trinajstić information content (AvgIpc) is 3.21. The third kappa shape index (κ3) is 4.77. The Morgan fingerprint density at radius 1 is 1.00 bits per heavy atom. The zero-order valence-electron chi connectivity index (χ0n) is 17.3. The third-order valence-corrected chi connectivity index (χ3v) is 5.45. The summed E-state index contributed by atoms with van der Waals surface area (Å²) in [5.41, 5.74) is 2.91. The molecular weight excluding hydrogens is 397 g/mol. The molecule has 1 aliphatic heterocycles. The second-order valence-electron chi connectivity index (χ2n) is 7.57. The second-order valence-corrected chi connectivity index (χ2v) is 7.57. The molecule has 1 N–H and O–H groups in total. The molecule has 0 atom stereocenters. The van der Waals surface area contributed by atoms with E-state index in [1.807, 2.05) is 17.9 Å². The lowest BCUT2D eigenvalue weighted by Crippen LogP contribution is -2.35. The number of hydrogen-bond acceptors (Lipinski definition) is 4. The van der Waals surface area contributed by atoms with Gasteiger partial charge in [0.05, 0.1) is 6.26 Å². The van der Waals surface area contributed by atoms with Crippen molar-refractivity contribution in [1.82, 2.24) is 4.90 Å². The zero-order chi connectivity index (χ0) is 21.8. The minimum atomic E-state index is -0.359. The Kier molecular flexibility index (Phi) is 6.02. The average molecular weight is 421 g/mol. The summed E-state index contributed by atoms with van der Waals surface area (Å²) in [6.07, 6.45) is 2.26. The van der Waals surface area contributed by atoms with E-state index in [1.54, 1.807) is 36.4 Å². The smallest absolute Gasteiger partial charge is 0.291 e. The SMILES string of the molecule is Cc1ccc(C(=O)N2CCCN(c3ccc(F)cc3)CC2)cc1NC(=O)c1ccco1. The summed E-state index contributed by atoms with van der Waals surface area (Å²) in [4.78, 5) is 29.5. The van der Waals surface area contributed by atoms with Gasteiger partial charge in [-0.1, -0.05) is 6.07 Å². The van der Waals surface area contributed by atoms with Gasteiger partial charge in [-0.3, -0.25) is 9.59 Å². The molecule has 0 radical (unpaired) electrons. The third-order valence-electron chi connectivity index (χ3n) is 5.45. The van der Waals surface area contributed by atoms with Crippen LogP contribution in [-0.4, -0.2) is 42.9 Å². The zero-order valence-corrected chi connectivity index (χ0v) is 17.3. The van der Waals surface area contributed by atoms with Crippen molar-refractivity contribution in [2.24, 2.45) is 0 Å². The fourth-order valence-electron chi connectivity index (χ4n) is 3.69. The van der Waals surface area contributed by atoms with Gasteiger partial charge in [-0.15, -0.1) is 0 Å². The molecule has 6 nitrogen and oxygen atoms in total. The summed E-state index contributed by atoms with van der Waals surface area (Å²) in [7, 11) is 0. The predicted molar refractivity (Wildman–Crippen MR) is 117 cm³/mol. The van der Waals surface area contributed by atoms with Crippen molar-refractivity contribution >= 4 is 23.2 Å². The Balaban J connectivity index is 1.45. The Bertz CT molecular complexity index is 1060. The van der Waals surface area contributed by atoms with E-state index in [0.29, 0.717) is 30.9 Å². The van der Waals surface area contributed by atoms with E-state index in [0.717, 1.165) is 24.2 Å². The number of anilines is 2. The molecular formula is C24H24FN3O3. The maximum atomic E-state index is 13.2. The lowest BCUT2D eigenvalue weighted by Gasteiger charge is -2.24. The Labute approximate surface area is 180 Å². The Hall–Kier alpha value is -3.61.